The molecule has 31 heavy (non-hydrogen) atoms. The first-order valence-electron chi connectivity index (χ1n) is 9.59. The average Bonchev–Trinajstić information content (AvgIpc) is 3.35. The standard InChI is InChI=1S/C20H22FN5O3S2/c1-11-16-18(22-10-23-20(16)31-17(11)19(27)25-28-2)24-14-5-4-12(21)8-15(14)29-13-6-7-26(9-13)30-3/h4-5,8,10,13H,6-7,9H2,1-3H3,(H,25,27)(H,22,23,24). The van der Waals surface area contributed by atoms with E-state index in [1.54, 1.807) is 18.0 Å². The summed E-state index contributed by atoms with van der Waals surface area (Å²) in [5, 5.41) is 3.97. The molecule has 1 aliphatic heterocycles. The highest BCUT2D eigenvalue weighted by Gasteiger charge is 2.25. The lowest BCUT2D eigenvalue weighted by atomic mass is 10.2. The van der Waals surface area contributed by atoms with E-state index >= 15 is 0 Å². The lowest BCUT2D eigenvalue weighted by Crippen LogP contribution is -2.21. The first-order valence-corrected chi connectivity index (χ1v) is 11.6. The number of nitrogens with one attached hydrogen (secondary N) is 2. The van der Waals surface area contributed by atoms with Gasteiger partial charge in [-0.3, -0.25) is 9.63 Å². The Balaban J connectivity index is 1.66. The van der Waals surface area contributed by atoms with Crippen molar-refractivity contribution in [3.63, 3.8) is 0 Å². The van der Waals surface area contributed by atoms with Crippen LogP contribution in [0.15, 0.2) is 24.5 Å². The normalized spacial score (nSPS) is 16.6. The van der Waals surface area contributed by atoms with Crippen molar-refractivity contribution in [2.75, 3.05) is 31.8 Å². The quantitative estimate of drug-likeness (QED) is 0.403. The molecule has 0 radical (unpaired) electrons. The summed E-state index contributed by atoms with van der Waals surface area (Å²) in [4.78, 5) is 26.8. The van der Waals surface area contributed by atoms with Crippen molar-refractivity contribution in [1.82, 2.24) is 19.8 Å². The monoisotopic (exact) mass is 463 g/mol. The molecule has 1 saturated heterocycles. The molecule has 2 N–H and O–H groups in total. The van der Waals surface area contributed by atoms with Crippen molar-refractivity contribution in [3.8, 4) is 5.75 Å². The average molecular weight is 464 g/mol. The minimum absolute atomic E-state index is 0.0209. The third-order valence-electron chi connectivity index (χ3n) is 4.98. The van der Waals surface area contributed by atoms with Gasteiger partial charge in [0.2, 0.25) is 0 Å². The van der Waals surface area contributed by atoms with E-state index in [4.69, 9.17) is 9.57 Å². The van der Waals surface area contributed by atoms with Crippen molar-refractivity contribution in [3.05, 3.63) is 40.8 Å². The number of anilines is 2. The predicted molar refractivity (Wildman–Crippen MR) is 120 cm³/mol. The van der Waals surface area contributed by atoms with Gasteiger partial charge in [0.05, 0.1) is 23.1 Å². The Morgan fingerprint density at radius 1 is 1.39 bits per heavy atom. The second-order valence-corrected chi connectivity index (χ2v) is 8.84. The van der Waals surface area contributed by atoms with Gasteiger partial charge in [-0.1, -0.05) is 11.9 Å². The molecule has 3 aromatic rings. The molecule has 1 fully saturated rings. The van der Waals surface area contributed by atoms with E-state index in [1.165, 1.54) is 36.9 Å². The van der Waals surface area contributed by atoms with Gasteiger partial charge in [-0.25, -0.2) is 24.1 Å². The molecule has 4 rings (SSSR count). The van der Waals surface area contributed by atoms with Crippen LogP contribution in [0, 0.1) is 12.7 Å². The first kappa shape index (κ1) is 21.8. The largest absolute Gasteiger partial charge is 0.487 e. The molecule has 1 unspecified atom stereocenters. The maximum absolute atomic E-state index is 14.0. The fraction of sp³-hybridized carbons (Fsp3) is 0.350. The third-order valence-corrected chi connectivity index (χ3v) is 7.03. The molecule has 1 aliphatic rings. The highest BCUT2D eigenvalue weighted by atomic mass is 32.2. The highest BCUT2D eigenvalue weighted by molar-refractivity contribution is 7.96. The molecule has 1 amide bonds. The summed E-state index contributed by atoms with van der Waals surface area (Å²) in [7, 11) is 1.38. The molecule has 0 saturated carbocycles. The lowest BCUT2D eigenvalue weighted by molar-refractivity contribution is 0.0541. The van der Waals surface area contributed by atoms with Gasteiger partial charge in [-0.2, -0.15) is 0 Å². The zero-order chi connectivity index (χ0) is 22.0. The Hall–Kier alpha value is -2.47. The fourth-order valence-electron chi connectivity index (χ4n) is 3.49. The SMILES string of the molecule is CONC(=O)c1sc2ncnc(Nc3ccc(F)cc3OC3CCN(SC)C3)c2c1C. The second kappa shape index (κ2) is 9.35. The van der Waals surface area contributed by atoms with Crippen molar-refractivity contribution >= 4 is 50.9 Å². The maximum atomic E-state index is 14.0. The Bertz CT molecular complexity index is 1110. The summed E-state index contributed by atoms with van der Waals surface area (Å²) in [6, 6.07) is 4.37. The van der Waals surface area contributed by atoms with Gasteiger partial charge in [-0.15, -0.1) is 11.3 Å². The van der Waals surface area contributed by atoms with Crippen LogP contribution in [-0.2, 0) is 4.84 Å². The van der Waals surface area contributed by atoms with Gasteiger partial charge in [-0.05, 0) is 37.3 Å². The summed E-state index contributed by atoms with van der Waals surface area (Å²) >= 11 is 2.92. The van der Waals surface area contributed by atoms with Crippen molar-refractivity contribution in [1.29, 1.82) is 0 Å². The number of benzene rings is 1. The third kappa shape index (κ3) is 4.59. The number of carbonyl (C=O) groups is 1. The molecule has 3 heterocycles. The summed E-state index contributed by atoms with van der Waals surface area (Å²) in [5.41, 5.74) is 3.66. The van der Waals surface area contributed by atoms with Gasteiger partial charge in [0.1, 0.15) is 34.6 Å². The number of thiophene rings is 1. The van der Waals surface area contributed by atoms with E-state index in [0.29, 0.717) is 27.0 Å². The fourth-order valence-corrected chi connectivity index (χ4v) is 5.12. The van der Waals surface area contributed by atoms with E-state index in [9.17, 15) is 9.18 Å². The smallest absolute Gasteiger partial charge is 0.285 e. The Morgan fingerprint density at radius 2 is 2.23 bits per heavy atom. The molecule has 164 valence electrons. The van der Waals surface area contributed by atoms with Gasteiger partial charge >= 0.3 is 0 Å². The van der Waals surface area contributed by atoms with Crippen LogP contribution in [0.3, 0.4) is 0 Å². The molecule has 0 spiro atoms. The minimum atomic E-state index is -0.377. The van der Waals surface area contributed by atoms with Crippen molar-refractivity contribution < 1.29 is 18.8 Å². The van der Waals surface area contributed by atoms with Gasteiger partial charge in [0.25, 0.3) is 5.91 Å². The number of rotatable bonds is 7. The number of aromatic nitrogens is 2. The topological polar surface area (TPSA) is 88.6 Å². The zero-order valence-corrected chi connectivity index (χ0v) is 18.9. The Kier molecular flexibility index (Phi) is 6.56. The van der Waals surface area contributed by atoms with Gasteiger partial charge in [0, 0.05) is 19.2 Å². The van der Waals surface area contributed by atoms with Crippen LogP contribution >= 0.6 is 23.3 Å². The van der Waals surface area contributed by atoms with Gasteiger partial charge < -0.3 is 10.1 Å². The number of halogens is 1. The van der Waals surface area contributed by atoms with Crippen LogP contribution in [0.4, 0.5) is 15.9 Å². The number of ether oxygens (including phenoxy) is 1. The highest BCUT2D eigenvalue weighted by Crippen LogP contribution is 2.37. The van der Waals surface area contributed by atoms with E-state index in [-0.39, 0.29) is 17.8 Å². The Labute approximate surface area is 187 Å². The number of aryl methyl sites for hydroxylation is 1. The summed E-state index contributed by atoms with van der Waals surface area (Å²) in [5.74, 6) is 0.214. The molecule has 8 nitrogen and oxygen atoms in total. The number of nitrogens with zero attached hydrogens (tertiary/aromatic N) is 3. The van der Waals surface area contributed by atoms with Crippen LogP contribution in [0.2, 0.25) is 0 Å². The summed E-state index contributed by atoms with van der Waals surface area (Å²) in [6.07, 6.45) is 4.31. The number of hydrogen-bond acceptors (Lipinski definition) is 9. The van der Waals surface area contributed by atoms with Crippen LogP contribution in [0.5, 0.6) is 5.75 Å². The molecular weight excluding hydrogens is 441 g/mol. The van der Waals surface area contributed by atoms with Crippen LogP contribution in [0.25, 0.3) is 10.2 Å². The molecule has 0 aliphatic carbocycles. The molecule has 2 aromatic heterocycles. The number of hydroxylamine groups is 1. The zero-order valence-electron chi connectivity index (χ0n) is 17.3. The molecule has 0 bridgehead atoms. The number of fused-ring (bicyclic) bond motifs is 1. The first-order chi connectivity index (χ1) is 15.0. The lowest BCUT2D eigenvalue weighted by Gasteiger charge is -2.18. The van der Waals surface area contributed by atoms with E-state index in [1.807, 2.05) is 13.2 Å². The maximum Gasteiger partial charge on any atom is 0.285 e. The second-order valence-electron chi connectivity index (χ2n) is 6.96. The van der Waals surface area contributed by atoms with Crippen LogP contribution in [0.1, 0.15) is 21.7 Å². The van der Waals surface area contributed by atoms with E-state index in [0.717, 1.165) is 30.5 Å². The molecule has 1 atom stereocenters. The Morgan fingerprint density at radius 3 is 2.97 bits per heavy atom. The molecular formula is C20H22FN5O3S2. The molecule has 1 aromatic carbocycles. The number of carbonyl (C=O) groups excluding carboxylic acids is 1. The van der Waals surface area contributed by atoms with Crippen molar-refractivity contribution in [2.45, 2.75) is 19.4 Å². The van der Waals surface area contributed by atoms with Gasteiger partial charge in [0.15, 0.2) is 0 Å². The van der Waals surface area contributed by atoms with Crippen molar-refractivity contribution in [2.24, 2.45) is 0 Å². The number of hydrogen-bond donors (Lipinski definition) is 2. The van der Waals surface area contributed by atoms with Crippen LogP contribution in [-0.4, -0.2) is 52.7 Å². The molecule has 11 heteroatoms. The van der Waals surface area contributed by atoms with E-state index < -0.39 is 0 Å². The minimum Gasteiger partial charge on any atom is -0.487 e. The summed E-state index contributed by atoms with van der Waals surface area (Å²) < 4.78 is 22.3. The summed E-state index contributed by atoms with van der Waals surface area (Å²) in [6.45, 7) is 3.53. The number of amides is 1. The predicted octanol–water partition coefficient (Wildman–Crippen LogP) is 3.90. The van der Waals surface area contributed by atoms with Crippen LogP contribution < -0.4 is 15.5 Å². The van der Waals surface area contributed by atoms with E-state index in [2.05, 4.69) is 25.1 Å².